The van der Waals surface area contributed by atoms with E-state index in [0.29, 0.717) is 31.9 Å². The van der Waals surface area contributed by atoms with Gasteiger partial charge >= 0.3 is 5.97 Å². The fourth-order valence-electron chi connectivity index (χ4n) is 2.20. The normalized spacial score (nSPS) is 18.3. The van der Waals surface area contributed by atoms with E-state index in [-0.39, 0.29) is 5.91 Å². The fraction of sp³-hybridized carbons (Fsp3) is 0.538. The van der Waals surface area contributed by atoms with Crippen molar-refractivity contribution in [2.45, 2.75) is 19.9 Å². The van der Waals surface area contributed by atoms with Crippen LogP contribution in [-0.4, -0.2) is 59.0 Å². The zero-order valence-electron chi connectivity index (χ0n) is 11.1. The van der Waals surface area contributed by atoms with Crippen molar-refractivity contribution in [2.24, 2.45) is 0 Å². The van der Waals surface area contributed by atoms with Crippen molar-refractivity contribution in [2.75, 3.05) is 26.2 Å². The second kappa shape index (κ2) is 5.44. The molecular weight excluding hydrogens is 248 g/mol. The summed E-state index contributed by atoms with van der Waals surface area (Å²) in [7, 11) is 0. The van der Waals surface area contributed by atoms with Crippen LogP contribution in [0.2, 0.25) is 0 Å². The van der Waals surface area contributed by atoms with E-state index in [1.807, 2.05) is 11.8 Å². The summed E-state index contributed by atoms with van der Waals surface area (Å²) < 4.78 is 5.19. The minimum atomic E-state index is -0.832. The molecule has 0 spiro atoms. The van der Waals surface area contributed by atoms with Gasteiger partial charge in [-0.05, 0) is 19.9 Å². The molecule has 1 N–H and O–H groups in total. The molecule has 1 fully saturated rings. The van der Waals surface area contributed by atoms with Gasteiger partial charge in [0.1, 0.15) is 6.04 Å². The molecule has 1 aromatic heterocycles. The van der Waals surface area contributed by atoms with E-state index in [0.717, 1.165) is 5.56 Å². The van der Waals surface area contributed by atoms with Gasteiger partial charge in [0.2, 0.25) is 0 Å². The molecule has 2 rings (SSSR count). The van der Waals surface area contributed by atoms with E-state index in [4.69, 9.17) is 9.52 Å². The molecule has 6 nitrogen and oxygen atoms in total. The van der Waals surface area contributed by atoms with E-state index < -0.39 is 12.0 Å². The molecule has 104 valence electrons. The standard InChI is InChI=1S/C13H18N2O4/c1-9-3-8-19-11(9)12(16)15-6-4-14(5-7-15)10(2)13(17)18/h3,8,10H,4-7H2,1-2H3,(H,17,18). The summed E-state index contributed by atoms with van der Waals surface area (Å²) in [5, 5.41) is 8.96. The van der Waals surface area contributed by atoms with Crippen LogP contribution in [0.25, 0.3) is 0 Å². The van der Waals surface area contributed by atoms with Gasteiger partial charge in [0.05, 0.1) is 6.26 Å². The Labute approximate surface area is 111 Å². The molecule has 0 bridgehead atoms. The van der Waals surface area contributed by atoms with Crippen molar-refractivity contribution in [3.8, 4) is 0 Å². The average Bonchev–Trinajstić information content (AvgIpc) is 2.83. The first-order valence-electron chi connectivity index (χ1n) is 6.31. The Morgan fingerprint density at radius 1 is 1.32 bits per heavy atom. The van der Waals surface area contributed by atoms with Crippen LogP contribution in [0.5, 0.6) is 0 Å². The highest BCUT2D eigenvalue weighted by atomic mass is 16.4. The minimum Gasteiger partial charge on any atom is -0.480 e. The third kappa shape index (κ3) is 2.78. The highest BCUT2D eigenvalue weighted by Gasteiger charge is 2.28. The summed E-state index contributed by atoms with van der Waals surface area (Å²) in [5.74, 6) is -0.577. The highest BCUT2D eigenvalue weighted by Crippen LogP contribution is 2.14. The number of hydrogen-bond acceptors (Lipinski definition) is 4. The molecule has 1 atom stereocenters. The third-order valence-electron chi connectivity index (χ3n) is 3.56. The molecule has 0 radical (unpaired) electrons. The third-order valence-corrected chi connectivity index (χ3v) is 3.56. The Morgan fingerprint density at radius 3 is 2.42 bits per heavy atom. The van der Waals surface area contributed by atoms with Crippen LogP contribution in [0.4, 0.5) is 0 Å². The maximum Gasteiger partial charge on any atom is 0.320 e. The van der Waals surface area contributed by atoms with Gasteiger partial charge in [0.15, 0.2) is 5.76 Å². The van der Waals surface area contributed by atoms with Gasteiger partial charge in [-0.15, -0.1) is 0 Å². The molecule has 1 aliphatic heterocycles. The number of aryl methyl sites for hydroxylation is 1. The van der Waals surface area contributed by atoms with E-state index in [9.17, 15) is 9.59 Å². The molecule has 1 saturated heterocycles. The first kappa shape index (κ1) is 13.6. The molecule has 1 amide bonds. The molecule has 1 aliphatic rings. The number of hydrogen-bond donors (Lipinski definition) is 1. The zero-order valence-corrected chi connectivity index (χ0v) is 11.1. The highest BCUT2D eigenvalue weighted by molar-refractivity contribution is 5.92. The van der Waals surface area contributed by atoms with E-state index >= 15 is 0 Å². The summed E-state index contributed by atoms with van der Waals surface area (Å²) in [6.07, 6.45) is 1.51. The Balaban J connectivity index is 1.95. The van der Waals surface area contributed by atoms with Crippen molar-refractivity contribution >= 4 is 11.9 Å². The van der Waals surface area contributed by atoms with Crippen molar-refractivity contribution in [1.29, 1.82) is 0 Å². The van der Waals surface area contributed by atoms with Crippen LogP contribution >= 0.6 is 0 Å². The molecule has 0 aromatic carbocycles. The predicted molar refractivity (Wildman–Crippen MR) is 68.0 cm³/mol. The van der Waals surface area contributed by atoms with Crippen LogP contribution < -0.4 is 0 Å². The van der Waals surface area contributed by atoms with E-state index in [1.165, 1.54) is 6.26 Å². The number of aliphatic carboxylic acids is 1. The van der Waals surface area contributed by atoms with Crippen molar-refractivity contribution < 1.29 is 19.1 Å². The second-order valence-electron chi connectivity index (χ2n) is 4.78. The monoisotopic (exact) mass is 266 g/mol. The van der Waals surface area contributed by atoms with Crippen LogP contribution in [0.1, 0.15) is 23.0 Å². The lowest BCUT2D eigenvalue weighted by atomic mass is 10.2. The fourth-order valence-corrected chi connectivity index (χ4v) is 2.20. The molecule has 2 heterocycles. The number of carboxylic acids is 1. The molecule has 0 aliphatic carbocycles. The van der Waals surface area contributed by atoms with Gasteiger partial charge in [-0.3, -0.25) is 14.5 Å². The van der Waals surface area contributed by atoms with Crippen LogP contribution in [0.15, 0.2) is 16.7 Å². The van der Waals surface area contributed by atoms with Crippen LogP contribution in [0.3, 0.4) is 0 Å². The van der Waals surface area contributed by atoms with Gasteiger partial charge in [0, 0.05) is 31.7 Å². The van der Waals surface area contributed by atoms with Crippen molar-refractivity contribution in [1.82, 2.24) is 9.80 Å². The minimum absolute atomic E-state index is 0.120. The number of rotatable bonds is 3. The molecular formula is C13H18N2O4. The topological polar surface area (TPSA) is 74.0 Å². The first-order chi connectivity index (χ1) is 9.00. The lowest BCUT2D eigenvalue weighted by Crippen LogP contribution is -2.53. The predicted octanol–water partition coefficient (Wildman–Crippen LogP) is 0.819. The van der Waals surface area contributed by atoms with Gasteiger partial charge in [0.25, 0.3) is 5.91 Å². The number of piperazine rings is 1. The smallest absolute Gasteiger partial charge is 0.320 e. The quantitative estimate of drug-likeness (QED) is 0.876. The van der Waals surface area contributed by atoms with E-state index in [2.05, 4.69) is 0 Å². The Hall–Kier alpha value is -1.82. The zero-order chi connectivity index (χ0) is 14.0. The largest absolute Gasteiger partial charge is 0.480 e. The first-order valence-corrected chi connectivity index (χ1v) is 6.31. The summed E-state index contributed by atoms with van der Waals surface area (Å²) in [6.45, 7) is 5.68. The molecule has 19 heavy (non-hydrogen) atoms. The number of furan rings is 1. The number of carboxylic acid groups (broad SMARTS) is 1. The Bertz CT molecular complexity index is 475. The van der Waals surface area contributed by atoms with Crippen molar-refractivity contribution in [3.63, 3.8) is 0 Å². The van der Waals surface area contributed by atoms with Crippen LogP contribution in [0, 0.1) is 6.92 Å². The lowest BCUT2D eigenvalue weighted by Gasteiger charge is -2.36. The van der Waals surface area contributed by atoms with Gasteiger partial charge in [-0.1, -0.05) is 0 Å². The number of carbonyl (C=O) groups is 2. The summed E-state index contributed by atoms with van der Waals surface area (Å²) >= 11 is 0. The number of nitrogens with zero attached hydrogens (tertiary/aromatic N) is 2. The Morgan fingerprint density at radius 2 is 1.95 bits per heavy atom. The maximum absolute atomic E-state index is 12.2. The SMILES string of the molecule is Cc1ccoc1C(=O)N1CCN(C(C)C(=O)O)CC1. The lowest BCUT2D eigenvalue weighted by molar-refractivity contribution is -0.143. The molecule has 1 aromatic rings. The number of carbonyl (C=O) groups excluding carboxylic acids is 1. The Kier molecular flexibility index (Phi) is 3.90. The number of amides is 1. The van der Waals surface area contributed by atoms with Gasteiger partial charge in [-0.25, -0.2) is 0 Å². The molecule has 6 heteroatoms. The maximum atomic E-state index is 12.2. The molecule has 0 saturated carbocycles. The average molecular weight is 266 g/mol. The second-order valence-corrected chi connectivity index (χ2v) is 4.78. The molecule has 1 unspecified atom stereocenters. The van der Waals surface area contributed by atoms with Gasteiger partial charge in [-0.2, -0.15) is 0 Å². The summed E-state index contributed by atoms with van der Waals surface area (Å²) in [6, 6.07) is 1.25. The summed E-state index contributed by atoms with van der Waals surface area (Å²) in [4.78, 5) is 26.7. The van der Waals surface area contributed by atoms with Crippen molar-refractivity contribution in [3.05, 3.63) is 23.7 Å². The van der Waals surface area contributed by atoms with E-state index in [1.54, 1.807) is 17.9 Å². The summed E-state index contributed by atoms with van der Waals surface area (Å²) in [5.41, 5.74) is 0.825. The van der Waals surface area contributed by atoms with Crippen LogP contribution in [-0.2, 0) is 4.79 Å². The van der Waals surface area contributed by atoms with Gasteiger partial charge < -0.3 is 14.4 Å².